The maximum absolute atomic E-state index is 10.7. The summed E-state index contributed by atoms with van der Waals surface area (Å²) in [5, 5.41) is 11.1. The van der Waals surface area contributed by atoms with E-state index in [1.54, 1.807) is 12.1 Å². The van der Waals surface area contributed by atoms with Crippen molar-refractivity contribution < 1.29 is 4.92 Å². The Morgan fingerprint density at radius 3 is 2.79 bits per heavy atom. The summed E-state index contributed by atoms with van der Waals surface area (Å²) in [7, 11) is 0. The van der Waals surface area contributed by atoms with Crippen LogP contribution in [0.15, 0.2) is 18.2 Å². The molecular weight excluding hydrogens is 269 g/mol. The lowest BCUT2D eigenvalue weighted by Crippen LogP contribution is -2.01. The van der Waals surface area contributed by atoms with Gasteiger partial charge in [0.05, 0.1) is 4.92 Å². The van der Waals surface area contributed by atoms with Crippen LogP contribution in [0.1, 0.15) is 12.5 Å². The van der Waals surface area contributed by atoms with E-state index < -0.39 is 4.92 Å². The molecule has 0 aliphatic carbocycles. The van der Waals surface area contributed by atoms with Crippen LogP contribution in [-0.2, 0) is 6.42 Å². The first-order chi connectivity index (χ1) is 6.50. The van der Waals surface area contributed by atoms with Crippen molar-refractivity contribution in [2.75, 3.05) is 0 Å². The number of rotatable bonds is 3. The van der Waals surface area contributed by atoms with Gasteiger partial charge >= 0.3 is 0 Å². The molecule has 0 amide bonds. The van der Waals surface area contributed by atoms with Crippen molar-refractivity contribution in [3.8, 4) is 0 Å². The fourth-order valence-electron chi connectivity index (χ4n) is 1.18. The van der Waals surface area contributed by atoms with Gasteiger partial charge in [0, 0.05) is 21.5 Å². The normalized spacial score (nSPS) is 12.5. The molecule has 14 heavy (non-hydrogen) atoms. The Balaban J connectivity index is 3.08. The van der Waals surface area contributed by atoms with Gasteiger partial charge in [-0.1, -0.05) is 40.5 Å². The lowest BCUT2D eigenvalue weighted by Gasteiger charge is -2.04. The molecule has 1 unspecified atom stereocenters. The van der Waals surface area contributed by atoms with Gasteiger partial charge in [-0.15, -0.1) is 0 Å². The summed E-state index contributed by atoms with van der Waals surface area (Å²) in [5.41, 5.74) is 0.785. The van der Waals surface area contributed by atoms with Gasteiger partial charge in [0.25, 0.3) is 5.69 Å². The molecule has 1 aromatic rings. The molecule has 76 valence electrons. The minimum atomic E-state index is -0.406. The van der Waals surface area contributed by atoms with E-state index in [2.05, 4.69) is 15.9 Å². The molecule has 0 spiro atoms. The SMILES string of the molecule is CC(Br)Cc1ccc(Cl)cc1[N+](=O)[O-]. The van der Waals surface area contributed by atoms with Crippen molar-refractivity contribution in [2.45, 2.75) is 18.2 Å². The number of nitrogens with zero attached hydrogens (tertiary/aromatic N) is 1. The zero-order valence-corrected chi connectivity index (χ0v) is 9.88. The maximum atomic E-state index is 10.7. The van der Waals surface area contributed by atoms with Crippen LogP contribution in [0.3, 0.4) is 0 Å². The number of nitro groups is 1. The Labute approximate surface area is 95.4 Å². The van der Waals surface area contributed by atoms with E-state index in [4.69, 9.17) is 11.6 Å². The zero-order chi connectivity index (χ0) is 10.7. The van der Waals surface area contributed by atoms with E-state index in [-0.39, 0.29) is 10.5 Å². The van der Waals surface area contributed by atoms with Crippen molar-refractivity contribution in [3.05, 3.63) is 38.9 Å². The number of benzene rings is 1. The van der Waals surface area contributed by atoms with Crippen LogP contribution in [0.25, 0.3) is 0 Å². The van der Waals surface area contributed by atoms with Crippen LogP contribution in [0.5, 0.6) is 0 Å². The van der Waals surface area contributed by atoms with Crippen molar-refractivity contribution in [2.24, 2.45) is 0 Å². The predicted octanol–water partition coefficient (Wildman–Crippen LogP) is 3.57. The van der Waals surface area contributed by atoms with E-state index in [9.17, 15) is 10.1 Å². The standard InChI is InChI=1S/C9H9BrClNO2/c1-6(10)4-7-2-3-8(11)5-9(7)12(13)14/h2-3,5-6H,4H2,1H3. The van der Waals surface area contributed by atoms with Gasteiger partial charge < -0.3 is 0 Å². The van der Waals surface area contributed by atoms with E-state index in [0.717, 1.165) is 0 Å². The van der Waals surface area contributed by atoms with Crippen LogP contribution in [0.2, 0.25) is 5.02 Å². The average molecular weight is 279 g/mol. The summed E-state index contributed by atoms with van der Waals surface area (Å²) in [6.45, 7) is 1.94. The molecule has 0 aliphatic rings. The number of halogens is 2. The predicted molar refractivity (Wildman–Crippen MR) is 60.2 cm³/mol. The molecule has 5 heteroatoms. The van der Waals surface area contributed by atoms with E-state index >= 15 is 0 Å². The number of nitro benzene ring substituents is 1. The topological polar surface area (TPSA) is 43.1 Å². The molecule has 0 heterocycles. The van der Waals surface area contributed by atoms with Crippen molar-refractivity contribution >= 4 is 33.2 Å². The van der Waals surface area contributed by atoms with Crippen LogP contribution >= 0.6 is 27.5 Å². The fourth-order valence-corrected chi connectivity index (χ4v) is 1.70. The van der Waals surface area contributed by atoms with Crippen LogP contribution < -0.4 is 0 Å². The third-order valence-electron chi connectivity index (χ3n) is 1.75. The molecular formula is C9H9BrClNO2. The number of hydrogen-bond acceptors (Lipinski definition) is 2. The second kappa shape index (κ2) is 4.75. The molecule has 0 aromatic heterocycles. The molecule has 0 N–H and O–H groups in total. The van der Waals surface area contributed by atoms with Gasteiger partial charge in [0.1, 0.15) is 0 Å². The van der Waals surface area contributed by atoms with E-state index in [0.29, 0.717) is 17.0 Å². The number of hydrogen-bond donors (Lipinski definition) is 0. The highest BCUT2D eigenvalue weighted by Crippen LogP contribution is 2.25. The molecule has 1 rings (SSSR count). The molecule has 3 nitrogen and oxygen atoms in total. The average Bonchev–Trinajstić information content (AvgIpc) is 2.07. The Bertz CT molecular complexity index is 355. The first-order valence-corrected chi connectivity index (χ1v) is 5.37. The zero-order valence-electron chi connectivity index (χ0n) is 7.54. The Morgan fingerprint density at radius 1 is 1.64 bits per heavy atom. The highest BCUT2D eigenvalue weighted by atomic mass is 79.9. The molecule has 1 atom stereocenters. The summed E-state index contributed by atoms with van der Waals surface area (Å²) < 4.78 is 0. The molecule has 1 aromatic carbocycles. The highest BCUT2D eigenvalue weighted by molar-refractivity contribution is 9.09. The monoisotopic (exact) mass is 277 g/mol. The summed E-state index contributed by atoms with van der Waals surface area (Å²) in [5.74, 6) is 0. The first kappa shape index (κ1) is 11.5. The van der Waals surface area contributed by atoms with E-state index in [1.807, 2.05) is 6.92 Å². The first-order valence-electron chi connectivity index (χ1n) is 4.07. The molecule has 0 bridgehead atoms. The van der Waals surface area contributed by atoms with Crippen LogP contribution in [0.4, 0.5) is 5.69 Å². The van der Waals surface area contributed by atoms with Gasteiger partial charge in [-0.2, -0.15) is 0 Å². The molecule has 0 radical (unpaired) electrons. The summed E-state index contributed by atoms with van der Waals surface area (Å²) in [6.07, 6.45) is 0.619. The second-order valence-electron chi connectivity index (χ2n) is 3.02. The van der Waals surface area contributed by atoms with E-state index in [1.165, 1.54) is 6.07 Å². The van der Waals surface area contributed by atoms with Gasteiger partial charge in [0.2, 0.25) is 0 Å². The summed E-state index contributed by atoms with van der Waals surface area (Å²) in [4.78, 5) is 10.5. The quantitative estimate of drug-likeness (QED) is 0.482. The lowest BCUT2D eigenvalue weighted by molar-refractivity contribution is -0.385. The summed E-state index contributed by atoms with van der Waals surface area (Å²) in [6, 6.07) is 4.74. The van der Waals surface area contributed by atoms with Gasteiger partial charge in [-0.05, 0) is 12.5 Å². The molecule has 0 fully saturated rings. The minimum Gasteiger partial charge on any atom is -0.258 e. The smallest absolute Gasteiger partial charge is 0.258 e. The molecule has 0 aliphatic heterocycles. The number of alkyl halides is 1. The Kier molecular flexibility index (Phi) is 3.89. The Hall–Kier alpha value is -0.610. The third-order valence-corrected chi connectivity index (χ3v) is 2.30. The van der Waals surface area contributed by atoms with Crippen molar-refractivity contribution in [3.63, 3.8) is 0 Å². The third kappa shape index (κ3) is 2.96. The molecule has 0 saturated carbocycles. The van der Waals surface area contributed by atoms with Gasteiger partial charge in [-0.3, -0.25) is 10.1 Å². The molecule has 0 saturated heterocycles. The lowest BCUT2D eigenvalue weighted by atomic mass is 10.1. The Morgan fingerprint density at radius 2 is 2.29 bits per heavy atom. The summed E-state index contributed by atoms with van der Waals surface area (Å²) >= 11 is 9.04. The van der Waals surface area contributed by atoms with Crippen LogP contribution in [-0.4, -0.2) is 9.75 Å². The van der Waals surface area contributed by atoms with Crippen LogP contribution in [0, 0.1) is 10.1 Å². The maximum Gasteiger partial charge on any atom is 0.274 e. The second-order valence-corrected chi connectivity index (χ2v) is 5.01. The highest BCUT2D eigenvalue weighted by Gasteiger charge is 2.15. The van der Waals surface area contributed by atoms with Crippen molar-refractivity contribution in [1.82, 2.24) is 0 Å². The minimum absolute atomic E-state index is 0.0869. The van der Waals surface area contributed by atoms with Gasteiger partial charge in [0.15, 0.2) is 0 Å². The fraction of sp³-hybridized carbons (Fsp3) is 0.333. The van der Waals surface area contributed by atoms with Gasteiger partial charge in [-0.25, -0.2) is 0 Å². The van der Waals surface area contributed by atoms with Crippen molar-refractivity contribution in [1.29, 1.82) is 0 Å². The largest absolute Gasteiger partial charge is 0.274 e.